The largest absolute Gasteiger partial charge is 0.507 e. The van der Waals surface area contributed by atoms with Gasteiger partial charge in [0.25, 0.3) is 0 Å². The van der Waals surface area contributed by atoms with Gasteiger partial charge < -0.3 is 29.9 Å². The van der Waals surface area contributed by atoms with E-state index in [1.807, 2.05) is 13.8 Å². The summed E-state index contributed by atoms with van der Waals surface area (Å²) in [6.45, 7) is 6.98. The van der Waals surface area contributed by atoms with Crippen LogP contribution >= 0.6 is 0 Å². The Balaban J connectivity index is 1.70. The maximum Gasteiger partial charge on any atom is 0.342 e. The van der Waals surface area contributed by atoms with E-state index in [9.17, 15) is 30.0 Å². The number of benzene rings is 1. The smallest absolute Gasteiger partial charge is 0.342 e. The van der Waals surface area contributed by atoms with Crippen LogP contribution in [0.5, 0.6) is 11.5 Å². The predicted octanol–water partition coefficient (Wildman–Crippen LogP) is 1.65. The molecule has 4 rings (SSSR count). The van der Waals surface area contributed by atoms with Gasteiger partial charge in [0.2, 0.25) is 0 Å². The molecule has 174 valence electrons. The zero-order valence-electron chi connectivity index (χ0n) is 18.9. The number of phenolic OH excluding ortho intramolecular Hbond substituents is 1. The molecular weight excluding hydrogens is 416 g/mol. The van der Waals surface area contributed by atoms with Crippen molar-refractivity contribution in [2.75, 3.05) is 7.11 Å². The number of aliphatic hydroxyl groups is 3. The molecule has 0 aliphatic heterocycles. The lowest BCUT2D eigenvalue weighted by molar-refractivity contribution is -0.272. The van der Waals surface area contributed by atoms with Gasteiger partial charge in [0.15, 0.2) is 0 Å². The molecular formula is C24H30O8. The molecule has 2 saturated carbocycles. The third-order valence-corrected chi connectivity index (χ3v) is 7.98. The molecule has 0 amide bonds. The van der Waals surface area contributed by atoms with Crippen molar-refractivity contribution < 1.29 is 39.5 Å². The molecule has 0 bridgehead atoms. The average molecular weight is 446 g/mol. The number of rotatable bonds is 4. The Morgan fingerprint density at radius 2 is 1.88 bits per heavy atom. The highest BCUT2D eigenvalue weighted by atomic mass is 16.6. The third-order valence-electron chi connectivity index (χ3n) is 7.98. The summed E-state index contributed by atoms with van der Waals surface area (Å²) in [5.74, 6) is -1.54. The first-order chi connectivity index (χ1) is 14.7. The number of aliphatic hydroxyl groups excluding tert-OH is 1. The number of esters is 1. The second kappa shape index (κ2) is 6.79. The fourth-order valence-corrected chi connectivity index (χ4v) is 6.45. The Hall–Kier alpha value is -2.42. The Bertz CT molecular complexity index is 1010. The van der Waals surface area contributed by atoms with Crippen molar-refractivity contribution in [2.24, 2.45) is 16.7 Å². The van der Waals surface area contributed by atoms with Gasteiger partial charge in [-0.05, 0) is 42.9 Å². The van der Waals surface area contributed by atoms with E-state index in [0.29, 0.717) is 17.6 Å². The van der Waals surface area contributed by atoms with Gasteiger partial charge in [0.1, 0.15) is 35.1 Å². The molecule has 0 heterocycles. The van der Waals surface area contributed by atoms with Gasteiger partial charge in [-0.2, -0.15) is 0 Å². The highest BCUT2D eigenvalue weighted by Crippen LogP contribution is 2.69. The minimum absolute atomic E-state index is 0.0611. The molecule has 8 nitrogen and oxygen atoms in total. The number of aldehydes is 1. The summed E-state index contributed by atoms with van der Waals surface area (Å²) in [7, 11) is 1.44. The quantitative estimate of drug-likeness (QED) is 0.405. The molecule has 6 atom stereocenters. The molecule has 4 N–H and O–H groups in total. The van der Waals surface area contributed by atoms with Gasteiger partial charge in [-0.1, -0.05) is 20.8 Å². The molecule has 0 unspecified atom stereocenters. The highest BCUT2D eigenvalue weighted by molar-refractivity contribution is 5.94. The number of hydrogen-bond acceptors (Lipinski definition) is 8. The number of carbonyl (C=O) groups excluding carboxylic acids is 2. The monoisotopic (exact) mass is 446 g/mol. The zero-order chi connectivity index (χ0) is 23.9. The van der Waals surface area contributed by atoms with Crippen LogP contribution < -0.4 is 4.74 Å². The normalized spacial score (nSPS) is 39.2. The van der Waals surface area contributed by atoms with Crippen LogP contribution in [0.15, 0.2) is 23.8 Å². The van der Waals surface area contributed by atoms with Crippen LogP contribution in [0.4, 0.5) is 0 Å². The SMILES string of the molecule is COc1cc(C)c(C(=O)O[C@@H]2C[C@@]3(C)[C@H]4[C@H](O)C(C)(C)C[C@]4(O)C=C(C=O)[C@@]23O)c(O)c1. The standard InChI is InChI=1S/C24H30O8/c1-12-6-14(31-5)7-15(26)17(12)20(28)32-16-9-22(4)18-19(27)21(2,3)11-23(18,29)8-13(10-25)24(16,22)30/h6-8,10,16,18-19,26-27,29-30H,9,11H2,1-5H3/t16-,18-,19+,22+,23-,24-/m1/s1. The summed E-state index contributed by atoms with van der Waals surface area (Å²) in [5, 5.41) is 44.3. The minimum atomic E-state index is -1.88. The van der Waals surface area contributed by atoms with Crippen LogP contribution in [0.2, 0.25) is 0 Å². The second-order valence-electron chi connectivity index (χ2n) is 10.4. The van der Waals surface area contributed by atoms with Crippen LogP contribution in [-0.2, 0) is 9.53 Å². The van der Waals surface area contributed by atoms with E-state index in [-0.39, 0.29) is 29.7 Å². The first kappa shape index (κ1) is 22.8. The number of fused-ring (bicyclic) bond motifs is 3. The maximum absolute atomic E-state index is 12.9. The van der Waals surface area contributed by atoms with E-state index in [1.54, 1.807) is 19.9 Å². The van der Waals surface area contributed by atoms with Crippen LogP contribution in [-0.4, -0.2) is 63.2 Å². The predicted molar refractivity (Wildman–Crippen MR) is 113 cm³/mol. The minimum Gasteiger partial charge on any atom is -0.507 e. The molecule has 3 aliphatic carbocycles. The van der Waals surface area contributed by atoms with Gasteiger partial charge in [-0.15, -0.1) is 0 Å². The highest BCUT2D eigenvalue weighted by Gasteiger charge is 2.77. The van der Waals surface area contributed by atoms with E-state index >= 15 is 0 Å². The molecule has 32 heavy (non-hydrogen) atoms. The molecule has 3 aliphatic rings. The summed E-state index contributed by atoms with van der Waals surface area (Å²) < 4.78 is 10.7. The van der Waals surface area contributed by atoms with Gasteiger partial charge in [-0.25, -0.2) is 4.79 Å². The number of ether oxygens (including phenoxy) is 2. The lowest BCUT2D eigenvalue weighted by atomic mass is 9.43. The van der Waals surface area contributed by atoms with Crippen molar-refractivity contribution in [3.05, 3.63) is 34.9 Å². The lowest BCUT2D eigenvalue weighted by Gasteiger charge is -2.66. The number of carbonyl (C=O) groups is 2. The average Bonchev–Trinajstić information content (AvgIpc) is 2.88. The Labute approximate surface area is 186 Å². The number of hydrogen-bond donors (Lipinski definition) is 4. The van der Waals surface area contributed by atoms with Crippen molar-refractivity contribution in [1.82, 2.24) is 0 Å². The van der Waals surface area contributed by atoms with Gasteiger partial charge in [0, 0.05) is 23.0 Å². The number of aromatic hydroxyl groups is 1. The van der Waals surface area contributed by atoms with E-state index in [2.05, 4.69) is 0 Å². The topological polar surface area (TPSA) is 134 Å². The summed E-state index contributed by atoms with van der Waals surface area (Å²) in [4.78, 5) is 24.9. The summed E-state index contributed by atoms with van der Waals surface area (Å²) in [5.41, 5.74) is -4.76. The number of phenols is 1. The second-order valence-corrected chi connectivity index (χ2v) is 10.4. The zero-order valence-corrected chi connectivity index (χ0v) is 18.9. The van der Waals surface area contributed by atoms with Gasteiger partial charge in [-0.3, -0.25) is 4.79 Å². The van der Waals surface area contributed by atoms with Crippen LogP contribution in [0.1, 0.15) is 49.5 Å². The number of aryl methyl sites for hydroxylation is 1. The van der Waals surface area contributed by atoms with E-state index in [4.69, 9.17) is 9.47 Å². The maximum atomic E-state index is 12.9. The first-order valence-electron chi connectivity index (χ1n) is 10.6. The van der Waals surface area contributed by atoms with E-state index in [1.165, 1.54) is 19.3 Å². The van der Waals surface area contributed by atoms with Crippen molar-refractivity contribution in [1.29, 1.82) is 0 Å². The molecule has 0 spiro atoms. The molecule has 0 aromatic heterocycles. The van der Waals surface area contributed by atoms with Crippen LogP contribution in [0.3, 0.4) is 0 Å². The fourth-order valence-electron chi connectivity index (χ4n) is 6.45. The lowest BCUT2D eigenvalue weighted by Crippen LogP contribution is -2.76. The molecule has 1 aromatic rings. The number of methoxy groups -OCH3 is 1. The van der Waals surface area contributed by atoms with Crippen molar-refractivity contribution in [3.63, 3.8) is 0 Å². The van der Waals surface area contributed by atoms with Crippen molar-refractivity contribution in [2.45, 2.75) is 63.9 Å². The van der Waals surface area contributed by atoms with Crippen LogP contribution in [0.25, 0.3) is 0 Å². The summed E-state index contributed by atoms with van der Waals surface area (Å²) >= 11 is 0. The van der Waals surface area contributed by atoms with E-state index in [0.717, 1.165) is 0 Å². The molecule has 1 aromatic carbocycles. The molecule has 0 saturated heterocycles. The van der Waals surface area contributed by atoms with E-state index < -0.39 is 46.1 Å². The Morgan fingerprint density at radius 3 is 2.44 bits per heavy atom. The van der Waals surface area contributed by atoms with Gasteiger partial charge in [0.05, 0.1) is 18.8 Å². The Morgan fingerprint density at radius 1 is 1.22 bits per heavy atom. The van der Waals surface area contributed by atoms with Crippen LogP contribution in [0, 0.1) is 23.7 Å². The first-order valence-corrected chi connectivity index (χ1v) is 10.6. The fraction of sp³-hybridized carbons (Fsp3) is 0.583. The Kier molecular flexibility index (Phi) is 4.83. The molecule has 0 radical (unpaired) electrons. The summed E-state index contributed by atoms with van der Waals surface area (Å²) in [6.07, 6.45) is 0.144. The molecule has 8 heteroatoms. The summed E-state index contributed by atoms with van der Waals surface area (Å²) in [6, 6.07) is 2.86. The van der Waals surface area contributed by atoms with Crippen molar-refractivity contribution >= 4 is 12.3 Å². The van der Waals surface area contributed by atoms with Gasteiger partial charge >= 0.3 is 5.97 Å². The third kappa shape index (κ3) is 2.72. The molecule has 2 fully saturated rings. The van der Waals surface area contributed by atoms with Crippen molar-refractivity contribution in [3.8, 4) is 11.5 Å².